The Labute approximate surface area is 330 Å². The van der Waals surface area contributed by atoms with Gasteiger partial charge in [-0.25, -0.2) is 4.79 Å². The van der Waals surface area contributed by atoms with Crippen molar-refractivity contribution in [2.75, 3.05) is 11.9 Å². The fraction of sp³-hybridized carbons (Fsp3) is 0.435. The Bertz CT molecular complexity index is 1880. The summed E-state index contributed by atoms with van der Waals surface area (Å²) in [4.78, 5) is 29.0. The van der Waals surface area contributed by atoms with Crippen LogP contribution in [0.15, 0.2) is 103 Å². The lowest BCUT2D eigenvalue weighted by molar-refractivity contribution is -0.255. The third kappa shape index (κ3) is 10.4. The Kier molecular flexibility index (Phi) is 12.7. The number of ether oxygens (including phenoxy) is 3. The van der Waals surface area contributed by atoms with Gasteiger partial charge < -0.3 is 35.3 Å². The number of nitrogens with one attached hydrogen (secondary N) is 3. The number of amides is 3. The number of aliphatic hydroxyl groups is 1. The van der Waals surface area contributed by atoms with Crippen molar-refractivity contribution >= 4 is 17.6 Å². The maximum atomic E-state index is 13.8. The maximum absolute atomic E-state index is 13.8. The van der Waals surface area contributed by atoms with Gasteiger partial charge >= 0.3 is 6.03 Å². The Hall–Kier alpha value is -4.74. The van der Waals surface area contributed by atoms with E-state index in [0.29, 0.717) is 42.9 Å². The number of nitrogens with zero attached hydrogens (tertiary/aromatic N) is 1. The van der Waals surface area contributed by atoms with Gasteiger partial charge in [-0.05, 0) is 105 Å². The first-order valence-electron chi connectivity index (χ1n) is 20.2. The van der Waals surface area contributed by atoms with Gasteiger partial charge in [-0.3, -0.25) is 9.69 Å². The van der Waals surface area contributed by atoms with Gasteiger partial charge in [-0.15, -0.1) is 0 Å². The number of fused-ring (bicyclic) bond motifs is 1. The third-order valence-electron chi connectivity index (χ3n) is 11.1. The molecule has 7 rings (SSSR count). The number of benzene rings is 4. The van der Waals surface area contributed by atoms with E-state index in [-0.39, 0.29) is 42.3 Å². The van der Waals surface area contributed by atoms with Gasteiger partial charge in [0.1, 0.15) is 11.5 Å². The Morgan fingerprint density at radius 2 is 1.46 bits per heavy atom. The molecular formula is C46H56N4O6. The number of carbonyl (C=O) groups is 2. The van der Waals surface area contributed by atoms with Crippen LogP contribution in [0.25, 0.3) is 0 Å². The van der Waals surface area contributed by atoms with E-state index in [1.54, 1.807) is 12.1 Å². The Morgan fingerprint density at radius 1 is 0.786 bits per heavy atom. The number of hydrogen-bond acceptors (Lipinski definition) is 7. The molecule has 6 atom stereocenters. The minimum absolute atomic E-state index is 0.0176. The number of aliphatic hydroxyl groups excluding tert-OH is 1. The SMILES string of the molecule is CC(C)(C)NC(=O)[C@H]1CC[C@H]2CCCC[C@H]2N1C[C@H]1C[C@@H](c2ccc(CO)cc2)O[C@@H](c2ccc(CNC(=O)Nc3ccc(Oc4ccccc4)cc3)cc2)O1. The standard InChI is InChI=1S/C46H56N4O6/c1-46(2,3)49-43(52)41-26-21-33-9-7-8-12-40(33)50(41)29-39-27-42(34-17-15-32(30-51)16-18-34)56-44(55-39)35-19-13-31(14-20-35)28-47-45(53)48-36-22-24-38(25-23-36)54-37-10-5-4-6-11-37/h4-6,10-11,13-20,22-25,33,39-42,44,51H,7-9,12,21,26-30H2,1-3H3,(H,49,52)(H2,47,48,53)/t33-,39-,40-,41-,42+,44+/m1/s1. The normalized spacial score (nSPS) is 24.1. The molecule has 10 nitrogen and oxygen atoms in total. The predicted octanol–water partition coefficient (Wildman–Crippen LogP) is 8.78. The minimum atomic E-state index is -0.621. The van der Waals surface area contributed by atoms with Crippen LogP contribution in [-0.2, 0) is 27.4 Å². The molecule has 2 aliphatic heterocycles. The van der Waals surface area contributed by atoms with Gasteiger partial charge in [0.05, 0.1) is 24.9 Å². The van der Waals surface area contributed by atoms with Crippen LogP contribution in [-0.4, -0.2) is 52.2 Å². The molecule has 4 N–H and O–H groups in total. The van der Waals surface area contributed by atoms with Gasteiger partial charge in [0, 0.05) is 42.3 Å². The molecule has 3 fully saturated rings. The molecule has 0 bridgehead atoms. The molecule has 1 aliphatic carbocycles. The number of likely N-dealkylation sites (tertiary alicyclic amines) is 1. The zero-order valence-corrected chi connectivity index (χ0v) is 32.8. The number of piperidine rings is 1. The topological polar surface area (TPSA) is 121 Å². The molecule has 0 spiro atoms. The lowest BCUT2D eigenvalue weighted by Crippen LogP contribution is -2.61. The molecule has 1 saturated carbocycles. The lowest BCUT2D eigenvalue weighted by atomic mass is 9.75. The molecule has 2 heterocycles. The Morgan fingerprint density at radius 3 is 2.18 bits per heavy atom. The second kappa shape index (κ2) is 18.0. The molecule has 3 aliphatic rings. The first kappa shape index (κ1) is 39.5. The molecular weight excluding hydrogens is 705 g/mol. The van der Waals surface area contributed by atoms with E-state index in [0.717, 1.165) is 47.3 Å². The van der Waals surface area contributed by atoms with E-state index in [4.69, 9.17) is 14.2 Å². The summed E-state index contributed by atoms with van der Waals surface area (Å²) in [6.07, 6.45) is 6.31. The highest BCUT2D eigenvalue weighted by molar-refractivity contribution is 5.89. The highest BCUT2D eigenvalue weighted by atomic mass is 16.7. The van der Waals surface area contributed by atoms with Crippen LogP contribution in [0, 0.1) is 5.92 Å². The van der Waals surface area contributed by atoms with E-state index < -0.39 is 6.29 Å². The van der Waals surface area contributed by atoms with Crippen LogP contribution >= 0.6 is 0 Å². The number of urea groups is 1. The Balaban J connectivity index is 1.02. The quantitative estimate of drug-likeness (QED) is 0.121. The van der Waals surface area contributed by atoms with Crippen LogP contribution in [0.4, 0.5) is 10.5 Å². The monoisotopic (exact) mass is 760 g/mol. The summed E-state index contributed by atoms with van der Waals surface area (Å²) in [6, 6.07) is 32.5. The summed E-state index contributed by atoms with van der Waals surface area (Å²) in [5.41, 5.74) is 4.04. The predicted molar refractivity (Wildman–Crippen MR) is 217 cm³/mol. The molecule has 4 aromatic rings. The highest BCUT2D eigenvalue weighted by Crippen LogP contribution is 2.42. The molecule has 296 valence electrons. The van der Waals surface area contributed by atoms with Crippen LogP contribution in [0.1, 0.15) is 100 Å². The molecule has 0 radical (unpaired) electrons. The van der Waals surface area contributed by atoms with Crippen molar-refractivity contribution in [2.45, 2.75) is 115 Å². The van der Waals surface area contributed by atoms with Crippen LogP contribution in [0.2, 0.25) is 0 Å². The number of rotatable bonds is 11. The summed E-state index contributed by atoms with van der Waals surface area (Å²) < 4.78 is 19.3. The van der Waals surface area contributed by atoms with E-state index in [2.05, 4.69) is 20.9 Å². The summed E-state index contributed by atoms with van der Waals surface area (Å²) >= 11 is 0. The maximum Gasteiger partial charge on any atom is 0.319 e. The molecule has 10 heteroatoms. The second-order valence-electron chi connectivity index (χ2n) is 16.5. The van der Waals surface area contributed by atoms with Crippen molar-refractivity contribution in [1.29, 1.82) is 0 Å². The fourth-order valence-corrected chi connectivity index (χ4v) is 8.38. The molecule has 0 unspecified atom stereocenters. The summed E-state index contributed by atoms with van der Waals surface area (Å²) in [7, 11) is 0. The van der Waals surface area contributed by atoms with E-state index in [1.807, 2.05) is 112 Å². The van der Waals surface area contributed by atoms with Crippen molar-refractivity contribution in [3.05, 3.63) is 125 Å². The van der Waals surface area contributed by atoms with Crippen molar-refractivity contribution in [3.63, 3.8) is 0 Å². The van der Waals surface area contributed by atoms with Gasteiger partial charge in [0.2, 0.25) is 5.91 Å². The molecule has 0 aromatic heterocycles. The zero-order chi connectivity index (χ0) is 39.1. The first-order valence-corrected chi connectivity index (χ1v) is 20.2. The molecule has 56 heavy (non-hydrogen) atoms. The van der Waals surface area contributed by atoms with E-state index >= 15 is 0 Å². The summed E-state index contributed by atoms with van der Waals surface area (Å²) in [5.74, 6) is 2.13. The van der Waals surface area contributed by atoms with Gasteiger partial charge in [0.15, 0.2) is 6.29 Å². The largest absolute Gasteiger partial charge is 0.457 e. The fourth-order valence-electron chi connectivity index (χ4n) is 8.38. The minimum Gasteiger partial charge on any atom is -0.457 e. The summed E-state index contributed by atoms with van der Waals surface area (Å²) in [6.45, 7) is 7.09. The lowest BCUT2D eigenvalue weighted by Gasteiger charge is -2.50. The number of anilines is 1. The number of hydrogen-bond donors (Lipinski definition) is 4. The van der Waals surface area contributed by atoms with Crippen LogP contribution in [0.3, 0.4) is 0 Å². The van der Waals surface area contributed by atoms with Gasteiger partial charge in [-0.2, -0.15) is 0 Å². The van der Waals surface area contributed by atoms with Gasteiger partial charge in [-0.1, -0.05) is 79.6 Å². The number of carbonyl (C=O) groups excluding carboxylic acids is 2. The highest BCUT2D eigenvalue weighted by Gasteiger charge is 2.44. The second-order valence-corrected chi connectivity index (χ2v) is 16.5. The first-order chi connectivity index (χ1) is 27.1. The van der Waals surface area contributed by atoms with Crippen molar-refractivity contribution in [3.8, 4) is 11.5 Å². The molecule has 3 amide bonds. The third-order valence-corrected chi connectivity index (χ3v) is 11.1. The number of para-hydroxylation sites is 1. The van der Waals surface area contributed by atoms with Crippen molar-refractivity contribution in [1.82, 2.24) is 15.5 Å². The molecule has 4 aromatic carbocycles. The van der Waals surface area contributed by atoms with E-state index in [9.17, 15) is 14.7 Å². The smallest absolute Gasteiger partial charge is 0.319 e. The van der Waals surface area contributed by atoms with Crippen LogP contribution < -0.4 is 20.7 Å². The zero-order valence-electron chi connectivity index (χ0n) is 32.8. The van der Waals surface area contributed by atoms with E-state index in [1.165, 1.54) is 19.3 Å². The average molecular weight is 761 g/mol. The summed E-state index contributed by atoms with van der Waals surface area (Å²) in [5, 5.41) is 18.8. The van der Waals surface area contributed by atoms with Crippen molar-refractivity contribution < 1.29 is 28.9 Å². The average Bonchev–Trinajstić information content (AvgIpc) is 3.21. The molecule has 2 saturated heterocycles. The van der Waals surface area contributed by atoms with Gasteiger partial charge in [0.25, 0.3) is 0 Å². The van der Waals surface area contributed by atoms with Crippen LogP contribution in [0.5, 0.6) is 11.5 Å². The van der Waals surface area contributed by atoms with Crippen molar-refractivity contribution in [2.24, 2.45) is 5.92 Å².